The number of aliphatic imine (C=N–C) groups is 1. The normalized spacial score (nSPS) is 19.1. The SMILES string of the molecule is C=CCN(C(=N\CN1CCC(NCC)(C(N)=O)C1)/C(=C/C)C(/Cl)=C\CCl)/C(C)=C/C=C(\C=C)C(F)(F)F.CC.CO. The number of nitrogens with zero attached hydrogens (tertiary/aromatic N) is 3. The molecular weight excluding hydrogens is 578 g/mol. The third kappa shape index (κ3) is 13.0. The molecule has 1 atom stereocenters. The Kier molecular flexibility index (Phi) is 21.2. The summed E-state index contributed by atoms with van der Waals surface area (Å²) in [6.45, 7) is 18.4. The maximum atomic E-state index is 13.2. The summed E-state index contributed by atoms with van der Waals surface area (Å²) in [5, 5.41) is 10.5. The van der Waals surface area contributed by atoms with Gasteiger partial charge < -0.3 is 21.1 Å². The van der Waals surface area contributed by atoms with Gasteiger partial charge in [0.1, 0.15) is 11.4 Å². The van der Waals surface area contributed by atoms with Crippen molar-refractivity contribution in [3.05, 3.63) is 71.5 Å². The third-order valence-corrected chi connectivity index (χ3v) is 6.36. The molecule has 1 amide bonds. The van der Waals surface area contributed by atoms with Crippen molar-refractivity contribution in [2.24, 2.45) is 10.7 Å². The van der Waals surface area contributed by atoms with Gasteiger partial charge in [0.25, 0.3) is 0 Å². The highest BCUT2D eigenvalue weighted by atomic mass is 35.5. The van der Waals surface area contributed by atoms with E-state index in [9.17, 15) is 18.0 Å². The molecule has 4 N–H and O–H groups in total. The highest BCUT2D eigenvalue weighted by Gasteiger charge is 2.42. The molecule has 0 aromatic heterocycles. The number of nitrogens with two attached hydrogens (primary N) is 1. The molecule has 7 nitrogen and oxygen atoms in total. The molecule has 0 aliphatic carbocycles. The Bertz CT molecular complexity index is 991. The van der Waals surface area contributed by atoms with E-state index in [2.05, 4.69) is 18.5 Å². The van der Waals surface area contributed by atoms with E-state index in [1.54, 1.807) is 37.0 Å². The number of carbonyl (C=O) groups is 1. The smallest absolute Gasteiger partial charge is 0.400 e. The summed E-state index contributed by atoms with van der Waals surface area (Å²) < 4.78 is 39.6. The molecule has 1 heterocycles. The van der Waals surface area contributed by atoms with E-state index in [4.69, 9.17) is 39.0 Å². The molecule has 1 aliphatic heterocycles. The first-order chi connectivity index (χ1) is 19.4. The minimum Gasteiger partial charge on any atom is -0.400 e. The zero-order valence-corrected chi connectivity index (χ0v) is 26.5. The number of amides is 1. The molecule has 0 aromatic rings. The van der Waals surface area contributed by atoms with Crippen LogP contribution in [0.25, 0.3) is 0 Å². The van der Waals surface area contributed by atoms with Crippen molar-refractivity contribution < 1.29 is 23.1 Å². The highest BCUT2D eigenvalue weighted by molar-refractivity contribution is 6.36. The molecule has 0 bridgehead atoms. The van der Waals surface area contributed by atoms with Gasteiger partial charge in [0.2, 0.25) is 5.91 Å². The first kappa shape index (κ1) is 40.8. The second-order valence-corrected chi connectivity index (χ2v) is 9.06. The zero-order chi connectivity index (χ0) is 32.2. The summed E-state index contributed by atoms with van der Waals surface area (Å²) in [4.78, 5) is 20.6. The summed E-state index contributed by atoms with van der Waals surface area (Å²) in [7, 11) is 1.00. The number of likely N-dealkylation sites (tertiary alicyclic amines) is 1. The van der Waals surface area contributed by atoms with E-state index in [0.29, 0.717) is 48.2 Å². The Balaban J connectivity index is 0. The average molecular weight is 625 g/mol. The van der Waals surface area contributed by atoms with Crippen LogP contribution in [-0.2, 0) is 4.79 Å². The van der Waals surface area contributed by atoms with Gasteiger partial charge in [-0.1, -0.05) is 63.3 Å². The predicted octanol–water partition coefficient (Wildman–Crippen LogP) is 5.89. The number of aliphatic hydroxyl groups is 1. The molecule has 0 saturated carbocycles. The maximum absolute atomic E-state index is 13.2. The van der Waals surface area contributed by atoms with Crippen molar-refractivity contribution in [2.45, 2.75) is 52.8 Å². The van der Waals surface area contributed by atoms with Crippen LogP contribution in [-0.4, -0.2) is 84.2 Å². The van der Waals surface area contributed by atoms with Gasteiger partial charge in [-0.3, -0.25) is 14.7 Å². The standard InChI is InChI=1S/C26H36Cl2F3N5O.C2H6.CH4O/c1-6-15-36(19(5)10-11-20(7-2)26(29,30)31)23(21(8-3)22(28)12-14-27)33-18-35-16-13-25(17-35,24(32)37)34-9-4;2*1-2/h6-8,10-12,34H,1-2,9,13-18H2,3-5H3,(H2,32,37);1-2H3;2H,1H3/b19-10+,20-11+,21-8+,22-12+,33-23-;;. The van der Waals surface area contributed by atoms with Crippen molar-refractivity contribution in [1.82, 2.24) is 15.1 Å². The summed E-state index contributed by atoms with van der Waals surface area (Å²) in [5.74, 6) is 0.153. The highest BCUT2D eigenvalue weighted by Crippen LogP contribution is 2.27. The topological polar surface area (TPSA) is 94.2 Å². The molecule has 234 valence electrons. The lowest BCUT2D eigenvalue weighted by Crippen LogP contribution is -2.57. The Morgan fingerprint density at radius 2 is 1.88 bits per heavy atom. The fraction of sp³-hybridized carbons (Fsp3) is 0.517. The number of allylic oxidation sites excluding steroid dienone is 7. The molecule has 0 radical (unpaired) electrons. The molecule has 0 spiro atoms. The van der Waals surface area contributed by atoms with Gasteiger partial charge in [-0.15, -0.1) is 18.2 Å². The van der Waals surface area contributed by atoms with Crippen LogP contribution in [0.1, 0.15) is 41.0 Å². The number of nitrogens with one attached hydrogen (secondary N) is 1. The Labute approximate surface area is 253 Å². The van der Waals surface area contributed by atoms with Crippen LogP contribution >= 0.6 is 23.2 Å². The number of alkyl halides is 4. The maximum Gasteiger partial charge on any atom is 0.416 e. The van der Waals surface area contributed by atoms with Crippen molar-refractivity contribution in [2.75, 3.05) is 45.8 Å². The second-order valence-electron chi connectivity index (χ2n) is 8.34. The van der Waals surface area contributed by atoms with Gasteiger partial charge in [-0.25, -0.2) is 0 Å². The molecule has 0 aromatic carbocycles. The second kappa shape index (κ2) is 21.4. The predicted molar refractivity (Wildman–Crippen MR) is 167 cm³/mol. The number of halogens is 5. The number of hydrogen-bond acceptors (Lipinski definition) is 5. The van der Waals surface area contributed by atoms with Gasteiger partial charge in [0, 0.05) is 48.9 Å². The Morgan fingerprint density at radius 3 is 2.32 bits per heavy atom. The van der Waals surface area contributed by atoms with Crippen LogP contribution in [0, 0.1) is 0 Å². The number of likely N-dealkylation sites (N-methyl/N-ethyl adjacent to an activating group) is 1. The van der Waals surface area contributed by atoms with Gasteiger partial charge in [-0.2, -0.15) is 13.2 Å². The molecule has 1 saturated heterocycles. The minimum absolute atomic E-state index is 0.159. The van der Waals surface area contributed by atoms with E-state index < -0.39 is 23.2 Å². The summed E-state index contributed by atoms with van der Waals surface area (Å²) in [6.07, 6.45) is 4.04. The van der Waals surface area contributed by atoms with Crippen molar-refractivity contribution in [1.29, 1.82) is 0 Å². The van der Waals surface area contributed by atoms with Crippen molar-refractivity contribution in [3.63, 3.8) is 0 Å². The van der Waals surface area contributed by atoms with E-state index in [1.165, 1.54) is 6.08 Å². The number of hydrogen-bond donors (Lipinski definition) is 3. The number of carbonyl (C=O) groups excluding carboxylic acids is 1. The quantitative estimate of drug-likeness (QED) is 0.0782. The number of rotatable bonds is 13. The van der Waals surface area contributed by atoms with Gasteiger partial charge >= 0.3 is 6.18 Å². The van der Waals surface area contributed by atoms with Gasteiger partial charge in [0.15, 0.2) is 0 Å². The third-order valence-electron chi connectivity index (χ3n) is 5.84. The van der Waals surface area contributed by atoms with Crippen LogP contribution in [0.5, 0.6) is 0 Å². The van der Waals surface area contributed by atoms with Crippen molar-refractivity contribution in [3.8, 4) is 0 Å². The molecule has 1 aliphatic rings. The van der Waals surface area contributed by atoms with Crippen LogP contribution in [0.2, 0.25) is 0 Å². The molecular formula is C29H46Cl2F3N5O2. The fourth-order valence-corrected chi connectivity index (χ4v) is 4.42. The Morgan fingerprint density at radius 1 is 1.27 bits per heavy atom. The number of primary amides is 1. The van der Waals surface area contributed by atoms with E-state index >= 15 is 0 Å². The number of aliphatic hydroxyl groups excluding tert-OH is 1. The summed E-state index contributed by atoms with van der Waals surface area (Å²) in [6, 6.07) is 0. The van der Waals surface area contributed by atoms with Crippen LogP contribution in [0.15, 0.2) is 76.5 Å². The molecule has 1 rings (SSSR count). The van der Waals surface area contributed by atoms with E-state index in [-0.39, 0.29) is 19.1 Å². The average Bonchev–Trinajstić information content (AvgIpc) is 3.36. The van der Waals surface area contributed by atoms with E-state index in [1.807, 2.05) is 25.7 Å². The minimum atomic E-state index is -4.53. The lowest BCUT2D eigenvalue weighted by atomic mass is 9.98. The van der Waals surface area contributed by atoms with E-state index in [0.717, 1.165) is 19.3 Å². The fourth-order valence-electron chi connectivity index (χ4n) is 3.92. The summed E-state index contributed by atoms with van der Waals surface area (Å²) >= 11 is 12.4. The monoisotopic (exact) mass is 623 g/mol. The van der Waals surface area contributed by atoms with Crippen LogP contribution < -0.4 is 11.1 Å². The zero-order valence-electron chi connectivity index (χ0n) is 25.0. The first-order valence-corrected chi connectivity index (χ1v) is 14.1. The number of amidine groups is 1. The van der Waals surface area contributed by atoms with Gasteiger partial charge in [0.05, 0.1) is 12.2 Å². The molecule has 1 unspecified atom stereocenters. The lowest BCUT2D eigenvalue weighted by molar-refractivity contribution is -0.124. The van der Waals surface area contributed by atoms with Crippen LogP contribution in [0.4, 0.5) is 13.2 Å². The molecule has 41 heavy (non-hydrogen) atoms. The largest absolute Gasteiger partial charge is 0.416 e. The molecule has 1 fully saturated rings. The molecule has 12 heteroatoms. The van der Waals surface area contributed by atoms with Crippen molar-refractivity contribution >= 4 is 34.9 Å². The summed E-state index contributed by atoms with van der Waals surface area (Å²) in [5.41, 5.74) is 4.98. The first-order valence-electron chi connectivity index (χ1n) is 13.2. The van der Waals surface area contributed by atoms with Crippen LogP contribution in [0.3, 0.4) is 0 Å². The van der Waals surface area contributed by atoms with Gasteiger partial charge in [-0.05, 0) is 39.0 Å². The lowest BCUT2D eigenvalue weighted by Gasteiger charge is -2.29. The Hall–Kier alpha value is -2.37.